The molecule has 2 heterocycles. The van der Waals surface area contributed by atoms with Crippen LogP contribution in [0.5, 0.6) is 11.5 Å². The molecule has 0 saturated heterocycles. The number of alkyl carbamates (subject to hydrolysis) is 1. The van der Waals surface area contributed by atoms with Crippen LogP contribution in [0.3, 0.4) is 0 Å². The number of aromatic carboxylic acids is 1. The van der Waals surface area contributed by atoms with Gasteiger partial charge in [-0.1, -0.05) is 43.1 Å². The molecule has 78 heavy (non-hydrogen) atoms. The quantitative estimate of drug-likeness (QED) is 0.0217. The Kier molecular flexibility index (Phi) is 18.0. The molecule has 7 rings (SSSR count). The van der Waals surface area contributed by atoms with E-state index in [1.807, 2.05) is 12.1 Å². The van der Waals surface area contributed by atoms with Gasteiger partial charge in [0.15, 0.2) is 5.43 Å². The van der Waals surface area contributed by atoms with Crippen molar-refractivity contribution in [1.82, 2.24) is 26.2 Å². The maximum atomic E-state index is 14.8. The number of nitrogens with one attached hydrogen (secondary N) is 4. The first kappa shape index (κ1) is 57.1. The minimum absolute atomic E-state index is 0.0123. The Morgan fingerprint density at radius 1 is 0.795 bits per heavy atom. The molecule has 2 aliphatic heterocycles. The van der Waals surface area contributed by atoms with Gasteiger partial charge in [-0.05, 0) is 142 Å². The summed E-state index contributed by atoms with van der Waals surface area (Å²) < 4.78 is 12.4. The monoisotopic (exact) mass is 1090 g/mol. The van der Waals surface area contributed by atoms with Gasteiger partial charge in [0.05, 0.1) is 11.3 Å². The van der Waals surface area contributed by atoms with Crippen molar-refractivity contribution in [3.63, 3.8) is 0 Å². The number of phenolic OH excluding ortho intramolecular Hbond substituents is 2. The van der Waals surface area contributed by atoms with E-state index in [1.54, 1.807) is 65.0 Å². The van der Waals surface area contributed by atoms with Gasteiger partial charge in [0.1, 0.15) is 46.6 Å². The highest BCUT2D eigenvalue weighted by atomic mass is 32.1. The zero-order valence-corrected chi connectivity index (χ0v) is 44.6. The highest BCUT2D eigenvalue weighted by Gasteiger charge is 2.40. The molecule has 1 aliphatic carbocycles. The molecule has 6 amide bonds. The molecule has 0 aromatic heterocycles. The first-order valence-electron chi connectivity index (χ1n) is 25.3. The number of anilines is 1. The number of carbonyl (C=O) groups excluding carboxylic acids is 5. The Morgan fingerprint density at radius 3 is 2.15 bits per heavy atom. The number of carbonyl (C=O) groups is 7. The van der Waals surface area contributed by atoms with Gasteiger partial charge in [-0.3, -0.25) is 24.0 Å². The minimum Gasteiger partial charge on any atom is -0.508 e. The van der Waals surface area contributed by atoms with Crippen molar-refractivity contribution in [2.75, 3.05) is 17.4 Å². The van der Waals surface area contributed by atoms with Crippen molar-refractivity contribution in [1.29, 1.82) is 0 Å². The molecule has 410 valence electrons. The van der Waals surface area contributed by atoms with E-state index in [9.17, 15) is 58.8 Å². The average molecular weight is 1090 g/mol. The van der Waals surface area contributed by atoms with Crippen LogP contribution < -0.4 is 31.0 Å². The molecule has 4 aromatic rings. The number of hydrogen-bond acceptors (Lipinski definition) is 13. The average Bonchev–Trinajstić information content (AvgIpc) is 3.58. The van der Waals surface area contributed by atoms with Crippen molar-refractivity contribution in [3.8, 4) is 33.9 Å². The SMILES string of the molecule is Cc1cc(O)cc(C)c1CC(NC(=O)OC(C)(C)C)C(=O)N1Cc2ccccc2CC1C(=O)NC(CCC(=O)O)C(=O)NCCCCCNC(=O)N(S)c1ccc(-c2c3ccc(=O)cc-3oc3cc(O)ccc23)c(C(=O)O)c1. The molecule has 3 atom stereocenters. The van der Waals surface area contributed by atoms with E-state index in [0.717, 1.165) is 15.4 Å². The molecule has 8 N–H and O–H groups in total. The number of aromatic hydroxyl groups is 2. The van der Waals surface area contributed by atoms with Crippen LogP contribution in [0.25, 0.3) is 33.4 Å². The summed E-state index contributed by atoms with van der Waals surface area (Å²) >= 11 is 4.36. The molecular weight excluding hydrogens is 1020 g/mol. The van der Waals surface area contributed by atoms with Crippen molar-refractivity contribution in [3.05, 3.63) is 135 Å². The second kappa shape index (κ2) is 24.6. The van der Waals surface area contributed by atoms with E-state index in [2.05, 4.69) is 34.1 Å². The van der Waals surface area contributed by atoms with Crippen LogP contribution in [0, 0.1) is 13.8 Å². The number of aliphatic carboxylic acids is 1. The van der Waals surface area contributed by atoms with Gasteiger partial charge >= 0.3 is 24.1 Å². The number of fused-ring (bicyclic) bond motifs is 3. The first-order valence-corrected chi connectivity index (χ1v) is 25.7. The number of amides is 6. The predicted octanol–water partition coefficient (Wildman–Crippen LogP) is 7.38. The third kappa shape index (κ3) is 14.1. The Bertz CT molecular complexity index is 3290. The second-order valence-electron chi connectivity index (χ2n) is 20.2. The molecule has 0 spiro atoms. The second-order valence-corrected chi connectivity index (χ2v) is 20.6. The molecule has 0 bridgehead atoms. The third-order valence-corrected chi connectivity index (χ3v) is 13.7. The number of hydrogen-bond donors (Lipinski definition) is 9. The number of carboxylic acid groups (broad SMARTS) is 2. The van der Waals surface area contributed by atoms with Crippen LogP contribution in [0.1, 0.15) is 91.1 Å². The molecule has 0 radical (unpaired) electrons. The number of phenols is 2. The summed E-state index contributed by atoms with van der Waals surface area (Å²) in [5.41, 5.74) is 3.66. The fraction of sp³-hybridized carbons (Fsp3) is 0.333. The van der Waals surface area contributed by atoms with Crippen LogP contribution >= 0.6 is 12.8 Å². The van der Waals surface area contributed by atoms with Crippen molar-refractivity contribution in [2.45, 2.75) is 110 Å². The Hall–Kier alpha value is -8.59. The molecule has 4 aromatic carbocycles. The van der Waals surface area contributed by atoms with E-state index in [4.69, 9.17) is 9.15 Å². The lowest BCUT2D eigenvalue weighted by Gasteiger charge is -2.38. The van der Waals surface area contributed by atoms with Crippen molar-refractivity contribution in [2.24, 2.45) is 0 Å². The largest absolute Gasteiger partial charge is 0.508 e. The predicted molar refractivity (Wildman–Crippen MR) is 293 cm³/mol. The van der Waals surface area contributed by atoms with Gasteiger partial charge in [0.25, 0.3) is 0 Å². The van der Waals surface area contributed by atoms with Gasteiger partial charge in [-0.2, -0.15) is 0 Å². The molecular formula is C57H62N6O14S. The normalized spacial score (nSPS) is 13.9. The lowest BCUT2D eigenvalue weighted by atomic mass is 9.90. The maximum absolute atomic E-state index is 14.8. The zero-order valence-electron chi connectivity index (χ0n) is 43.7. The van der Waals surface area contributed by atoms with E-state index >= 15 is 0 Å². The fourth-order valence-electron chi connectivity index (χ4n) is 9.50. The molecule has 20 nitrogen and oxygen atoms in total. The highest BCUT2D eigenvalue weighted by molar-refractivity contribution is 7.82. The Morgan fingerprint density at radius 2 is 1.47 bits per heavy atom. The van der Waals surface area contributed by atoms with Gasteiger partial charge in [0.2, 0.25) is 17.7 Å². The van der Waals surface area contributed by atoms with Gasteiger partial charge in [0, 0.05) is 67.5 Å². The molecule has 3 unspecified atom stereocenters. The Labute approximate surface area is 454 Å². The number of benzene rings is 5. The highest BCUT2D eigenvalue weighted by Crippen LogP contribution is 2.43. The summed E-state index contributed by atoms with van der Waals surface area (Å²) in [4.78, 5) is 108. The van der Waals surface area contributed by atoms with Crippen LogP contribution in [0.4, 0.5) is 15.3 Å². The number of aryl methyl sites for hydroxylation is 2. The summed E-state index contributed by atoms with van der Waals surface area (Å²) in [6, 6.07) is 18.8. The number of carboxylic acids is 2. The summed E-state index contributed by atoms with van der Waals surface area (Å²) in [5, 5.41) is 51.8. The molecule has 3 aliphatic rings. The van der Waals surface area contributed by atoms with E-state index < -0.39 is 71.9 Å². The topological polar surface area (TPSA) is 294 Å². The smallest absolute Gasteiger partial charge is 0.408 e. The summed E-state index contributed by atoms with van der Waals surface area (Å²) in [5.74, 6) is -4.36. The summed E-state index contributed by atoms with van der Waals surface area (Å²) in [6.07, 6.45) is -0.163. The summed E-state index contributed by atoms with van der Waals surface area (Å²) in [7, 11) is 0. The van der Waals surface area contributed by atoms with Gasteiger partial charge in [-0.25, -0.2) is 18.7 Å². The minimum atomic E-state index is -1.31. The number of ether oxygens (including phenoxy) is 1. The van der Waals surface area contributed by atoms with E-state index in [1.165, 1.54) is 53.4 Å². The number of nitrogens with zero attached hydrogens (tertiary/aromatic N) is 2. The molecule has 0 fully saturated rings. The fourth-order valence-corrected chi connectivity index (χ4v) is 9.69. The van der Waals surface area contributed by atoms with Crippen molar-refractivity contribution >= 4 is 71.3 Å². The standard InChI is InChI=1S/C57H62N6O14S/c1-31-23-38(66)24-32(2)42(31)29-45(61-56(75)77-57(3,4)5)53(71)62-30-34-12-8-7-11-33(34)25-46(62)52(70)60-44(19-20-49(67)68)51(69)58-21-9-6-10-22-59-55(74)63(78)35-13-16-39(43(26-35)54(72)73)50-40-17-14-36(64)27-47(40)76-48-28-37(65)15-18-41(48)50/h7-8,11-18,23-24,26-28,44-46,64,66,78H,6,9-10,19-22,25,29-30H2,1-5H3,(H,58,69)(H,59,74)(H,60,70)(H,61,75)(H,67,68)(H,72,73). The van der Waals surface area contributed by atoms with Crippen molar-refractivity contribution < 1.29 is 63.1 Å². The molecule has 21 heteroatoms. The van der Waals surface area contributed by atoms with Gasteiger partial charge < -0.3 is 55.7 Å². The summed E-state index contributed by atoms with van der Waals surface area (Å²) in [6.45, 7) is 8.86. The van der Waals surface area contributed by atoms with Crippen LogP contribution in [-0.4, -0.2) is 104 Å². The number of unbranched alkanes of at least 4 members (excludes halogenated alkanes) is 2. The maximum Gasteiger partial charge on any atom is 0.408 e. The number of urea groups is 1. The third-order valence-electron chi connectivity index (χ3n) is 13.2. The van der Waals surface area contributed by atoms with E-state index in [0.29, 0.717) is 52.5 Å². The van der Waals surface area contributed by atoms with Gasteiger partial charge in [-0.15, -0.1) is 0 Å². The first-order chi connectivity index (χ1) is 37.0. The number of thiol groups is 1. The molecule has 0 saturated carbocycles. The zero-order chi connectivity index (χ0) is 56.6. The number of rotatable bonds is 19. The van der Waals surface area contributed by atoms with Crippen LogP contribution in [0.15, 0.2) is 100 Å². The Balaban J connectivity index is 0.973. The lowest BCUT2D eigenvalue weighted by Crippen LogP contribution is -2.60. The van der Waals surface area contributed by atoms with Crippen LogP contribution in [-0.2, 0) is 43.3 Å². The lowest BCUT2D eigenvalue weighted by molar-refractivity contribution is -0.144. The van der Waals surface area contributed by atoms with E-state index in [-0.39, 0.29) is 84.0 Å². The van der Waals surface area contributed by atoms with Crippen LogP contribution in [0.2, 0.25) is 0 Å².